The number of hydrogen-bond donors (Lipinski definition) is 0. The van der Waals surface area contributed by atoms with Crippen molar-refractivity contribution in [2.24, 2.45) is 5.92 Å². The van der Waals surface area contributed by atoms with Gasteiger partial charge >= 0.3 is 6.29 Å². The minimum Gasteiger partial charge on any atom is -0.395 e. The Bertz CT molecular complexity index is 888. The molecule has 5 rings (SSSR count). The molecule has 2 aromatic rings. The van der Waals surface area contributed by atoms with E-state index in [-0.39, 0.29) is 23.2 Å². The molecule has 3 aliphatic heterocycles. The van der Waals surface area contributed by atoms with E-state index >= 15 is 0 Å². The highest BCUT2D eigenvalue weighted by atomic mass is 19.3. The normalized spacial score (nSPS) is 27.7. The van der Waals surface area contributed by atoms with Crippen LogP contribution in [0.4, 0.5) is 8.78 Å². The summed E-state index contributed by atoms with van der Waals surface area (Å²) < 4.78 is 35.4. The maximum absolute atomic E-state index is 13.2. The molecule has 4 nitrogen and oxygen atoms in total. The van der Waals surface area contributed by atoms with Gasteiger partial charge in [-0.25, -0.2) is 0 Å². The maximum atomic E-state index is 13.2. The van der Waals surface area contributed by atoms with Crippen LogP contribution < -0.4 is 9.47 Å². The van der Waals surface area contributed by atoms with Crippen LogP contribution >= 0.6 is 0 Å². The van der Waals surface area contributed by atoms with E-state index in [1.165, 1.54) is 17.7 Å². The summed E-state index contributed by atoms with van der Waals surface area (Å²) in [5, 5.41) is 0. The molecule has 0 aromatic heterocycles. The van der Waals surface area contributed by atoms with Crippen molar-refractivity contribution in [3.8, 4) is 11.5 Å². The van der Waals surface area contributed by atoms with Gasteiger partial charge in [0.1, 0.15) is 0 Å². The van der Waals surface area contributed by atoms with E-state index in [2.05, 4.69) is 38.6 Å². The number of piperidine rings is 1. The molecular formula is C22H21F2NO3. The van der Waals surface area contributed by atoms with E-state index in [0.29, 0.717) is 17.6 Å². The van der Waals surface area contributed by atoms with Gasteiger partial charge < -0.3 is 9.47 Å². The van der Waals surface area contributed by atoms with E-state index in [1.807, 2.05) is 6.07 Å². The molecule has 3 heterocycles. The quantitative estimate of drug-likeness (QED) is 0.719. The molecule has 2 bridgehead atoms. The van der Waals surface area contributed by atoms with Crippen LogP contribution in [0.5, 0.6) is 11.5 Å². The van der Waals surface area contributed by atoms with Crippen molar-refractivity contribution >= 4 is 5.78 Å². The molecule has 0 saturated carbocycles. The summed E-state index contributed by atoms with van der Waals surface area (Å²) in [5.41, 5.74) is 1.71. The van der Waals surface area contributed by atoms with Crippen molar-refractivity contribution in [2.75, 3.05) is 0 Å². The van der Waals surface area contributed by atoms with Gasteiger partial charge in [-0.05, 0) is 49.4 Å². The molecule has 3 aliphatic rings. The van der Waals surface area contributed by atoms with Gasteiger partial charge in [-0.15, -0.1) is 8.78 Å². The zero-order valence-electron chi connectivity index (χ0n) is 15.3. The second kappa shape index (κ2) is 6.55. The highest BCUT2D eigenvalue weighted by Crippen LogP contribution is 2.44. The van der Waals surface area contributed by atoms with E-state index in [9.17, 15) is 13.6 Å². The lowest BCUT2D eigenvalue weighted by molar-refractivity contribution is -0.286. The van der Waals surface area contributed by atoms with Crippen LogP contribution in [-0.4, -0.2) is 29.1 Å². The minimum absolute atomic E-state index is 0.0119. The summed E-state index contributed by atoms with van der Waals surface area (Å²) in [6.07, 6.45) is 0.175. The molecule has 0 N–H and O–H groups in total. The molecule has 2 unspecified atom stereocenters. The third-order valence-electron chi connectivity index (χ3n) is 6.15. The maximum Gasteiger partial charge on any atom is 0.586 e. The third kappa shape index (κ3) is 3.15. The fraction of sp³-hybridized carbons (Fsp3) is 0.409. The first-order chi connectivity index (χ1) is 13.5. The van der Waals surface area contributed by atoms with Crippen molar-refractivity contribution in [3.05, 3.63) is 59.7 Å². The molecule has 0 aliphatic carbocycles. The first kappa shape index (κ1) is 17.6. The van der Waals surface area contributed by atoms with Crippen molar-refractivity contribution in [2.45, 2.75) is 50.6 Å². The van der Waals surface area contributed by atoms with Gasteiger partial charge in [-0.1, -0.05) is 30.3 Å². The lowest BCUT2D eigenvalue weighted by Crippen LogP contribution is -2.44. The summed E-state index contributed by atoms with van der Waals surface area (Å²) in [7, 11) is 0. The SMILES string of the molecule is O=C(c1ccc2c(c1)OC(F)(F)O2)C1CC2CCC(C1)N2Cc1ccccc1. The predicted molar refractivity (Wildman–Crippen MR) is 98.5 cm³/mol. The Morgan fingerprint density at radius 3 is 2.39 bits per heavy atom. The zero-order chi connectivity index (χ0) is 19.3. The number of halogens is 2. The summed E-state index contributed by atoms with van der Waals surface area (Å²) >= 11 is 0. The number of alkyl halides is 2. The summed E-state index contributed by atoms with van der Waals surface area (Å²) in [4.78, 5) is 15.6. The largest absolute Gasteiger partial charge is 0.586 e. The fourth-order valence-corrected chi connectivity index (χ4v) is 4.88. The van der Waals surface area contributed by atoms with Gasteiger partial charge in [-0.2, -0.15) is 0 Å². The number of ketones is 1. The van der Waals surface area contributed by atoms with Crippen molar-refractivity contribution < 1.29 is 23.0 Å². The minimum atomic E-state index is -3.66. The highest BCUT2D eigenvalue weighted by molar-refractivity contribution is 5.98. The summed E-state index contributed by atoms with van der Waals surface area (Å²) in [5.74, 6) is -0.164. The molecule has 0 radical (unpaired) electrons. The van der Waals surface area contributed by atoms with E-state index in [1.54, 1.807) is 6.07 Å². The first-order valence-corrected chi connectivity index (χ1v) is 9.72. The Kier molecular flexibility index (Phi) is 4.12. The number of ether oxygens (including phenoxy) is 2. The monoisotopic (exact) mass is 385 g/mol. The van der Waals surface area contributed by atoms with E-state index in [0.717, 1.165) is 32.2 Å². The van der Waals surface area contributed by atoms with E-state index in [4.69, 9.17) is 0 Å². The standard InChI is InChI=1S/C22H21F2NO3/c23-22(24)27-19-9-6-15(12-20(19)28-22)21(26)16-10-17-7-8-18(11-16)25(17)13-14-4-2-1-3-5-14/h1-6,9,12,16-18H,7-8,10-11,13H2. The molecule has 2 atom stereocenters. The number of carbonyl (C=O) groups excluding carboxylic acids is 1. The molecule has 0 spiro atoms. The van der Waals surface area contributed by atoms with Crippen molar-refractivity contribution in [1.29, 1.82) is 0 Å². The number of benzene rings is 2. The number of carbonyl (C=O) groups is 1. The number of hydrogen-bond acceptors (Lipinski definition) is 4. The molecule has 146 valence electrons. The summed E-state index contributed by atoms with van der Waals surface area (Å²) in [6.45, 7) is 0.913. The zero-order valence-corrected chi connectivity index (χ0v) is 15.3. The van der Waals surface area contributed by atoms with Gasteiger partial charge in [0.2, 0.25) is 0 Å². The van der Waals surface area contributed by atoms with Crippen molar-refractivity contribution in [1.82, 2.24) is 4.90 Å². The molecular weight excluding hydrogens is 364 g/mol. The molecule has 28 heavy (non-hydrogen) atoms. The topological polar surface area (TPSA) is 38.8 Å². The predicted octanol–water partition coefficient (Wildman–Crippen LogP) is 4.63. The third-order valence-corrected chi connectivity index (χ3v) is 6.15. The van der Waals surface area contributed by atoms with Crippen LogP contribution in [0, 0.1) is 5.92 Å². The number of rotatable bonds is 4. The van der Waals surface area contributed by atoms with Gasteiger partial charge in [0.05, 0.1) is 0 Å². The van der Waals surface area contributed by atoms with Crippen LogP contribution in [-0.2, 0) is 6.54 Å². The lowest BCUT2D eigenvalue weighted by Gasteiger charge is -2.38. The van der Waals surface area contributed by atoms with Gasteiger partial charge in [0.25, 0.3) is 0 Å². The summed E-state index contributed by atoms with van der Waals surface area (Å²) in [6, 6.07) is 15.5. The molecule has 6 heteroatoms. The lowest BCUT2D eigenvalue weighted by atomic mass is 9.84. The molecule has 2 fully saturated rings. The molecule has 2 saturated heterocycles. The number of Topliss-reactive ketones (excluding diaryl/α,β-unsaturated/α-hetero) is 1. The number of nitrogens with zero attached hydrogens (tertiary/aromatic N) is 1. The Hall–Kier alpha value is -2.47. The fourth-order valence-electron chi connectivity index (χ4n) is 4.88. The van der Waals surface area contributed by atoms with Crippen LogP contribution in [0.1, 0.15) is 41.6 Å². The smallest absolute Gasteiger partial charge is 0.395 e. The van der Waals surface area contributed by atoms with Crippen molar-refractivity contribution in [3.63, 3.8) is 0 Å². The Balaban J connectivity index is 1.30. The Morgan fingerprint density at radius 1 is 1.00 bits per heavy atom. The molecule has 0 amide bonds. The van der Waals surface area contributed by atoms with Gasteiger partial charge in [0.15, 0.2) is 17.3 Å². The van der Waals surface area contributed by atoms with E-state index < -0.39 is 6.29 Å². The molecule has 2 aromatic carbocycles. The first-order valence-electron chi connectivity index (χ1n) is 9.72. The second-order valence-corrected chi connectivity index (χ2v) is 7.90. The average molecular weight is 385 g/mol. The van der Waals surface area contributed by atoms with Crippen LogP contribution in [0.15, 0.2) is 48.5 Å². The van der Waals surface area contributed by atoms with Crippen LogP contribution in [0.25, 0.3) is 0 Å². The van der Waals surface area contributed by atoms with Gasteiger partial charge in [0, 0.05) is 30.1 Å². The van der Waals surface area contributed by atoms with Gasteiger partial charge in [-0.3, -0.25) is 9.69 Å². The van der Waals surface area contributed by atoms with Crippen LogP contribution in [0.2, 0.25) is 0 Å². The number of fused-ring (bicyclic) bond motifs is 3. The highest BCUT2D eigenvalue weighted by Gasteiger charge is 2.45. The average Bonchev–Trinajstić information content (AvgIpc) is 3.10. The van der Waals surface area contributed by atoms with Crippen LogP contribution in [0.3, 0.4) is 0 Å². The Morgan fingerprint density at radius 2 is 1.68 bits per heavy atom. The second-order valence-electron chi connectivity index (χ2n) is 7.90. The Labute approximate surface area is 162 Å².